The highest BCUT2D eigenvalue weighted by Gasteiger charge is 2.34. The summed E-state index contributed by atoms with van der Waals surface area (Å²) in [5, 5.41) is 0. The number of rotatable bonds is 4. The van der Waals surface area contributed by atoms with Gasteiger partial charge in [0, 0.05) is 23.5 Å². The highest BCUT2D eigenvalue weighted by atomic mass is 32.1. The molecule has 1 heterocycles. The van der Waals surface area contributed by atoms with Crippen molar-refractivity contribution in [2.45, 2.75) is 12.8 Å². The van der Waals surface area contributed by atoms with E-state index in [-0.39, 0.29) is 22.9 Å². The first kappa shape index (κ1) is 15.2. The van der Waals surface area contributed by atoms with Crippen LogP contribution in [0.5, 0.6) is 5.75 Å². The number of benzene rings is 1. The van der Waals surface area contributed by atoms with Gasteiger partial charge in [-0.3, -0.25) is 4.98 Å². The minimum atomic E-state index is -4.55. The number of nitrogens with two attached hydrogens (primary N) is 1. The van der Waals surface area contributed by atoms with E-state index in [1.165, 1.54) is 18.3 Å². The predicted octanol–water partition coefficient (Wildman–Crippen LogP) is 3.31. The smallest absolute Gasteiger partial charge is 0.419 e. The van der Waals surface area contributed by atoms with Crippen LogP contribution >= 0.6 is 12.2 Å². The molecule has 2 aromatic rings. The van der Waals surface area contributed by atoms with Crippen molar-refractivity contribution in [2.75, 3.05) is 0 Å². The Morgan fingerprint density at radius 3 is 2.62 bits per heavy atom. The van der Waals surface area contributed by atoms with E-state index < -0.39 is 11.7 Å². The van der Waals surface area contributed by atoms with Crippen LogP contribution in [0.3, 0.4) is 0 Å². The maximum absolute atomic E-state index is 13.0. The van der Waals surface area contributed by atoms with Crippen LogP contribution in [0, 0.1) is 0 Å². The normalized spacial score (nSPS) is 11.2. The molecule has 0 amide bonds. The van der Waals surface area contributed by atoms with Crippen molar-refractivity contribution in [1.29, 1.82) is 0 Å². The molecular formula is C14H11F3N2OS. The van der Waals surface area contributed by atoms with E-state index in [1.54, 1.807) is 18.3 Å². The van der Waals surface area contributed by atoms with Crippen LogP contribution in [0.1, 0.15) is 16.7 Å². The predicted molar refractivity (Wildman–Crippen MR) is 75.9 cm³/mol. The molecule has 0 fully saturated rings. The minimum absolute atomic E-state index is 0.0106. The molecule has 3 nitrogen and oxygen atoms in total. The average Bonchev–Trinajstić information content (AvgIpc) is 2.45. The van der Waals surface area contributed by atoms with Crippen molar-refractivity contribution in [2.24, 2.45) is 5.73 Å². The number of thiocarbonyl (C=S) groups is 1. The molecule has 0 bridgehead atoms. The van der Waals surface area contributed by atoms with Gasteiger partial charge in [-0.25, -0.2) is 0 Å². The van der Waals surface area contributed by atoms with Crippen LogP contribution in [0.2, 0.25) is 0 Å². The third-order valence-corrected chi connectivity index (χ3v) is 2.92. The van der Waals surface area contributed by atoms with Gasteiger partial charge in [-0.2, -0.15) is 13.2 Å². The van der Waals surface area contributed by atoms with Gasteiger partial charge in [0.25, 0.3) is 0 Å². The van der Waals surface area contributed by atoms with Crippen molar-refractivity contribution in [3.05, 3.63) is 59.4 Å². The molecule has 0 unspecified atom stereocenters. The lowest BCUT2D eigenvalue weighted by atomic mass is 10.1. The van der Waals surface area contributed by atoms with Gasteiger partial charge in [0.1, 0.15) is 17.3 Å². The zero-order chi connectivity index (χ0) is 15.5. The summed E-state index contributed by atoms with van der Waals surface area (Å²) in [6.07, 6.45) is -1.46. The van der Waals surface area contributed by atoms with Gasteiger partial charge in [-0.05, 0) is 24.3 Å². The van der Waals surface area contributed by atoms with Crippen molar-refractivity contribution in [1.82, 2.24) is 4.98 Å². The molecule has 0 aliphatic carbocycles. The summed E-state index contributed by atoms with van der Waals surface area (Å²) >= 11 is 4.69. The molecule has 0 saturated heterocycles. The Morgan fingerprint density at radius 2 is 2.05 bits per heavy atom. The van der Waals surface area contributed by atoms with E-state index in [9.17, 15) is 13.2 Å². The van der Waals surface area contributed by atoms with Crippen LogP contribution in [-0.2, 0) is 12.8 Å². The van der Waals surface area contributed by atoms with Crippen molar-refractivity contribution in [3.8, 4) is 5.75 Å². The van der Waals surface area contributed by atoms with Crippen LogP contribution < -0.4 is 10.5 Å². The van der Waals surface area contributed by atoms with Crippen LogP contribution in [-0.4, -0.2) is 9.97 Å². The van der Waals surface area contributed by atoms with E-state index in [0.717, 1.165) is 6.07 Å². The van der Waals surface area contributed by atoms with Crippen LogP contribution in [0.25, 0.3) is 0 Å². The fraction of sp³-hybridized carbons (Fsp3) is 0.143. The second kappa shape index (κ2) is 6.09. The van der Waals surface area contributed by atoms with Crippen molar-refractivity contribution in [3.63, 3.8) is 0 Å². The Balaban J connectivity index is 2.28. The average molecular weight is 312 g/mol. The first-order chi connectivity index (χ1) is 9.88. The Kier molecular flexibility index (Phi) is 4.42. The number of pyridine rings is 1. The second-order valence-corrected chi connectivity index (χ2v) is 4.66. The van der Waals surface area contributed by atoms with Crippen LogP contribution in [0.15, 0.2) is 42.7 Å². The molecule has 1 aromatic carbocycles. The summed E-state index contributed by atoms with van der Waals surface area (Å²) in [4.78, 5) is 3.77. The van der Waals surface area contributed by atoms with Gasteiger partial charge >= 0.3 is 6.18 Å². The number of alkyl halides is 3. The SMILES string of the molecule is NC(=S)c1ccc(OCc2cccnc2)c(C(F)(F)F)c1. The topological polar surface area (TPSA) is 48.1 Å². The summed E-state index contributed by atoms with van der Waals surface area (Å²) in [6.45, 7) is -0.0106. The second-order valence-electron chi connectivity index (χ2n) is 4.22. The van der Waals surface area contributed by atoms with Gasteiger partial charge in [-0.15, -0.1) is 0 Å². The molecule has 0 aliphatic rings. The zero-order valence-electron chi connectivity index (χ0n) is 10.7. The monoisotopic (exact) mass is 312 g/mol. The largest absolute Gasteiger partial charge is 0.488 e. The van der Waals surface area contributed by atoms with E-state index in [2.05, 4.69) is 4.98 Å². The molecule has 2 N–H and O–H groups in total. The number of hydrogen-bond acceptors (Lipinski definition) is 3. The number of hydrogen-bond donors (Lipinski definition) is 1. The van der Waals surface area contributed by atoms with Gasteiger partial charge in [-0.1, -0.05) is 18.3 Å². The molecular weight excluding hydrogens is 301 g/mol. The highest BCUT2D eigenvalue weighted by Crippen LogP contribution is 2.37. The molecule has 1 aromatic heterocycles. The summed E-state index contributed by atoms with van der Waals surface area (Å²) < 4.78 is 44.4. The molecule has 0 spiro atoms. The summed E-state index contributed by atoms with van der Waals surface area (Å²) in [7, 11) is 0. The molecule has 2 rings (SSSR count). The lowest BCUT2D eigenvalue weighted by Gasteiger charge is -2.15. The van der Waals surface area contributed by atoms with Crippen LogP contribution in [0.4, 0.5) is 13.2 Å². The molecule has 0 radical (unpaired) electrons. The maximum atomic E-state index is 13.0. The Labute approximate surface area is 124 Å². The summed E-state index contributed by atoms with van der Waals surface area (Å²) in [5.74, 6) is -0.272. The van der Waals surface area contributed by atoms with Gasteiger partial charge in [0.2, 0.25) is 0 Å². The van der Waals surface area contributed by atoms with Gasteiger partial charge < -0.3 is 10.5 Å². The molecule has 21 heavy (non-hydrogen) atoms. The molecule has 7 heteroatoms. The fourth-order valence-corrected chi connectivity index (χ4v) is 1.80. The first-order valence-corrected chi connectivity index (χ1v) is 6.31. The summed E-state index contributed by atoms with van der Waals surface area (Å²) in [5.41, 5.74) is 5.27. The number of halogens is 3. The first-order valence-electron chi connectivity index (χ1n) is 5.90. The summed E-state index contributed by atoms with van der Waals surface area (Å²) in [6, 6.07) is 6.90. The quantitative estimate of drug-likeness (QED) is 0.880. The highest BCUT2D eigenvalue weighted by molar-refractivity contribution is 7.80. The lowest BCUT2D eigenvalue weighted by Crippen LogP contribution is -2.14. The molecule has 0 atom stereocenters. The maximum Gasteiger partial charge on any atom is 0.419 e. The number of nitrogens with zero attached hydrogens (tertiary/aromatic N) is 1. The minimum Gasteiger partial charge on any atom is -0.488 e. The van der Waals surface area contributed by atoms with E-state index in [4.69, 9.17) is 22.7 Å². The fourth-order valence-electron chi connectivity index (χ4n) is 1.68. The van der Waals surface area contributed by atoms with Crippen molar-refractivity contribution >= 4 is 17.2 Å². The standard InChI is InChI=1S/C14H11F3N2OS/c15-14(16,17)11-6-10(13(18)21)3-4-12(11)20-8-9-2-1-5-19-7-9/h1-7H,8H2,(H2,18,21). The third-order valence-electron chi connectivity index (χ3n) is 2.69. The van der Waals surface area contributed by atoms with Gasteiger partial charge in [0.15, 0.2) is 0 Å². The third kappa shape index (κ3) is 3.91. The lowest BCUT2D eigenvalue weighted by molar-refractivity contribution is -0.139. The van der Waals surface area contributed by atoms with Crippen molar-refractivity contribution < 1.29 is 17.9 Å². The van der Waals surface area contributed by atoms with E-state index in [0.29, 0.717) is 5.56 Å². The number of aromatic nitrogens is 1. The molecule has 110 valence electrons. The zero-order valence-corrected chi connectivity index (χ0v) is 11.5. The van der Waals surface area contributed by atoms with Gasteiger partial charge in [0.05, 0.1) is 5.56 Å². The molecule has 0 saturated carbocycles. The number of ether oxygens (including phenoxy) is 1. The van der Waals surface area contributed by atoms with E-state index in [1.807, 2.05) is 0 Å². The van der Waals surface area contributed by atoms with E-state index >= 15 is 0 Å². The Hall–Kier alpha value is -2.15. The molecule has 0 aliphatic heterocycles. The Morgan fingerprint density at radius 1 is 1.29 bits per heavy atom. The Bertz CT molecular complexity index is 644.